The molecule has 2 aromatic carbocycles. The summed E-state index contributed by atoms with van der Waals surface area (Å²) in [6, 6.07) is 11.0. The average molecular weight is 543 g/mol. The van der Waals surface area contributed by atoms with Gasteiger partial charge >= 0.3 is 17.3 Å². The van der Waals surface area contributed by atoms with E-state index in [0.717, 1.165) is 14.8 Å². The number of anilines is 1. The maximum Gasteiger partial charge on any atom is 0.335 e. The van der Waals surface area contributed by atoms with Crippen molar-refractivity contribution in [1.29, 1.82) is 0 Å². The van der Waals surface area contributed by atoms with Gasteiger partial charge < -0.3 is 10.4 Å². The molecule has 0 aliphatic carbocycles. The molecule has 192 valence electrons. The summed E-state index contributed by atoms with van der Waals surface area (Å²) in [5, 5.41) is 13.0. The van der Waals surface area contributed by atoms with E-state index in [4.69, 9.17) is 11.6 Å². The Kier molecular flexibility index (Phi) is 7.41. The molecule has 1 amide bonds. The van der Waals surface area contributed by atoms with Crippen LogP contribution in [-0.2, 0) is 16.1 Å². The van der Waals surface area contributed by atoms with Gasteiger partial charge in [-0.2, -0.15) is 0 Å². The molecule has 4 aromatic rings. The van der Waals surface area contributed by atoms with Gasteiger partial charge in [-0.05, 0) is 49.7 Å². The number of hydrogen-bond donors (Lipinski definition) is 3. The molecule has 13 heteroatoms. The first kappa shape index (κ1) is 26.0. The van der Waals surface area contributed by atoms with Crippen molar-refractivity contribution < 1.29 is 14.7 Å². The summed E-state index contributed by atoms with van der Waals surface area (Å²) in [7, 11) is 0. The maximum atomic E-state index is 13.5. The van der Waals surface area contributed by atoms with Crippen molar-refractivity contribution in [2.24, 2.45) is 10.9 Å². The van der Waals surface area contributed by atoms with Crippen LogP contribution in [0.5, 0.6) is 0 Å². The number of H-pyrrole nitrogens is 1. The predicted octanol–water partition coefficient (Wildman–Crippen LogP) is 3.12. The third kappa shape index (κ3) is 5.70. The van der Waals surface area contributed by atoms with Gasteiger partial charge in [-0.25, -0.2) is 24.1 Å². The largest absolute Gasteiger partial charge is 0.481 e. The molecular formula is C24H23ClN6O5S. The lowest BCUT2D eigenvalue weighted by Gasteiger charge is -2.19. The second-order valence-corrected chi connectivity index (χ2v) is 9.92. The van der Waals surface area contributed by atoms with Gasteiger partial charge in [0.05, 0.1) is 34.4 Å². The van der Waals surface area contributed by atoms with Gasteiger partial charge in [0, 0.05) is 11.9 Å². The number of aliphatic carboxylic acids is 1. The molecule has 0 aliphatic rings. The number of thiazole rings is 1. The molecule has 0 fully saturated rings. The number of rotatable bonds is 7. The minimum absolute atomic E-state index is 0.0117. The predicted molar refractivity (Wildman–Crippen MR) is 141 cm³/mol. The van der Waals surface area contributed by atoms with E-state index < -0.39 is 29.3 Å². The van der Waals surface area contributed by atoms with Crippen molar-refractivity contribution in [2.75, 3.05) is 5.32 Å². The number of aromatic amines is 1. The summed E-state index contributed by atoms with van der Waals surface area (Å²) in [5.74, 6) is -2.36. The summed E-state index contributed by atoms with van der Waals surface area (Å²) >= 11 is 7.25. The average Bonchev–Trinajstić information content (AvgIpc) is 3.22. The smallest absolute Gasteiger partial charge is 0.335 e. The molecule has 0 saturated carbocycles. The van der Waals surface area contributed by atoms with Crippen LogP contribution in [0.25, 0.3) is 10.2 Å². The molecule has 4 rings (SSSR count). The molecular weight excluding hydrogens is 520 g/mol. The molecule has 0 spiro atoms. The highest BCUT2D eigenvalue weighted by molar-refractivity contribution is 7.22. The third-order valence-electron chi connectivity index (χ3n) is 5.79. The monoisotopic (exact) mass is 542 g/mol. The zero-order chi connectivity index (χ0) is 26.9. The van der Waals surface area contributed by atoms with Crippen molar-refractivity contribution in [3.63, 3.8) is 0 Å². The number of amides is 1. The van der Waals surface area contributed by atoms with Crippen molar-refractivity contribution in [3.8, 4) is 0 Å². The van der Waals surface area contributed by atoms with Crippen LogP contribution in [0.1, 0.15) is 32.4 Å². The second-order valence-electron chi connectivity index (χ2n) is 8.45. The van der Waals surface area contributed by atoms with E-state index in [1.54, 1.807) is 42.5 Å². The number of halogens is 1. The fourth-order valence-electron chi connectivity index (χ4n) is 3.63. The van der Waals surface area contributed by atoms with Gasteiger partial charge in [0.2, 0.25) is 11.5 Å². The number of aromatic nitrogens is 4. The summed E-state index contributed by atoms with van der Waals surface area (Å²) in [4.78, 5) is 60.9. The molecule has 11 nitrogen and oxygen atoms in total. The lowest BCUT2D eigenvalue weighted by Crippen LogP contribution is -2.52. The summed E-state index contributed by atoms with van der Waals surface area (Å²) in [6.07, 6.45) is 0. The van der Waals surface area contributed by atoms with E-state index in [1.807, 2.05) is 0 Å². The van der Waals surface area contributed by atoms with Crippen LogP contribution in [0.4, 0.5) is 10.8 Å². The van der Waals surface area contributed by atoms with Crippen LogP contribution in [0, 0.1) is 5.92 Å². The Balaban J connectivity index is 1.88. The zero-order valence-corrected chi connectivity index (χ0v) is 21.6. The normalized spacial score (nSPS) is 13.5. The molecule has 0 bridgehead atoms. The molecule has 2 heterocycles. The highest BCUT2D eigenvalue weighted by atomic mass is 35.5. The van der Waals surface area contributed by atoms with E-state index in [-0.39, 0.29) is 18.1 Å². The standard InChI is InChI=1S/C24H23ClN6O5S/c1-12(20(33)34)13(2)31-23(35)29-21(30(24(31)36)11-15-4-6-16(25)7-5-15)27-17-8-9-18-19(10-17)37-22(28-18)26-14(3)32/h4-10,12-13H,11H2,1-3H3,(H,33,34)(H,26,28,32)(H,27,29,35)/t12-,13+/m1/s1. The van der Waals surface area contributed by atoms with Crippen molar-refractivity contribution >= 4 is 55.8 Å². The van der Waals surface area contributed by atoms with E-state index in [1.165, 1.54) is 36.7 Å². The Hall–Kier alpha value is -4.03. The van der Waals surface area contributed by atoms with E-state index in [2.05, 4.69) is 20.3 Å². The number of nitrogens with one attached hydrogen (secondary N) is 2. The summed E-state index contributed by atoms with van der Waals surface area (Å²) in [6.45, 7) is 4.38. The molecule has 37 heavy (non-hydrogen) atoms. The number of nitrogens with zero attached hydrogens (tertiary/aromatic N) is 4. The fraction of sp³-hybridized carbons (Fsp3) is 0.250. The second kappa shape index (κ2) is 10.5. The Morgan fingerprint density at radius 1 is 1.19 bits per heavy atom. The molecule has 2 aromatic heterocycles. The Morgan fingerprint density at radius 2 is 1.89 bits per heavy atom. The lowest BCUT2D eigenvalue weighted by atomic mass is 10.0. The Labute approximate surface area is 218 Å². The van der Waals surface area contributed by atoms with Crippen LogP contribution in [0.15, 0.2) is 57.0 Å². The number of fused-ring (bicyclic) bond motifs is 1. The number of carboxylic acids is 1. The van der Waals surface area contributed by atoms with Gasteiger partial charge in [0.25, 0.3) is 0 Å². The summed E-state index contributed by atoms with van der Waals surface area (Å²) in [5.41, 5.74) is 0.325. The third-order valence-corrected chi connectivity index (χ3v) is 6.98. The molecule has 2 atom stereocenters. The van der Waals surface area contributed by atoms with Crippen LogP contribution < -0.4 is 22.3 Å². The van der Waals surface area contributed by atoms with E-state index >= 15 is 0 Å². The number of carboxylic acid groups (broad SMARTS) is 1. The molecule has 0 aliphatic heterocycles. The molecule has 0 unspecified atom stereocenters. The van der Waals surface area contributed by atoms with Gasteiger partial charge in [0.15, 0.2) is 5.13 Å². The number of carbonyl (C=O) groups is 2. The first-order valence-corrected chi connectivity index (χ1v) is 12.4. The topological polar surface area (TPSA) is 151 Å². The SMILES string of the molecule is CC(=O)Nc1nc2ccc(/N=c3\[nH]c(=O)n([C@@H](C)[C@@H](C)C(=O)O)c(=O)n3Cc3ccc(Cl)cc3)cc2s1. The van der Waals surface area contributed by atoms with Crippen LogP contribution in [0.3, 0.4) is 0 Å². The Morgan fingerprint density at radius 3 is 2.54 bits per heavy atom. The number of hydrogen-bond acceptors (Lipinski definition) is 7. The minimum atomic E-state index is -1.13. The van der Waals surface area contributed by atoms with Gasteiger partial charge in [-0.15, -0.1) is 0 Å². The van der Waals surface area contributed by atoms with Gasteiger partial charge in [-0.1, -0.05) is 35.1 Å². The van der Waals surface area contributed by atoms with Crippen molar-refractivity contribution in [2.45, 2.75) is 33.4 Å². The fourth-order valence-corrected chi connectivity index (χ4v) is 4.70. The van der Waals surface area contributed by atoms with Gasteiger partial charge in [0.1, 0.15) is 0 Å². The first-order chi connectivity index (χ1) is 17.5. The van der Waals surface area contributed by atoms with E-state index in [9.17, 15) is 24.3 Å². The van der Waals surface area contributed by atoms with E-state index in [0.29, 0.717) is 21.4 Å². The zero-order valence-electron chi connectivity index (χ0n) is 20.1. The minimum Gasteiger partial charge on any atom is -0.481 e. The number of carbonyl (C=O) groups excluding carboxylic acids is 1. The molecule has 0 saturated heterocycles. The van der Waals surface area contributed by atoms with Gasteiger partial charge in [-0.3, -0.25) is 19.1 Å². The van der Waals surface area contributed by atoms with Crippen LogP contribution in [0.2, 0.25) is 5.02 Å². The van der Waals surface area contributed by atoms with Crippen LogP contribution in [-0.4, -0.2) is 36.1 Å². The highest BCUT2D eigenvalue weighted by Gasteiger charge is 2.25. The Bertz CT molecular complexity index is 1690. The van der Waals surface area contributed by atoms with Crippen LogP contribution >= 0.6 is 22.9 Å². The quantitative estimate of drug-likeness (QED) is 0.326. The molecule has 0 radical (unpaired) electrons. The lowest BCUT2D eigenvalue weighted by molar-refractivity contribution is -0.142. The highest BCUT2D eigenvalue weighted by Crippen LogP contribution is 2.29. The van der Waals surface area contributed by atoms with Crippen molar-refractivity contribution in [1.82, 2.24) is 19.1 Å². The maximum absolute atomic E-state index is 13.5. The summed E-state index contributed by atoms with van der Waals surface area (Å²) < 4.78 is 2.91. The first-order valence-electron chi connectivity index (χ1n) is 11.2. The molecule has 3 N–H and O–H groups in total. The number of benzene rings is 2. The van der Waals surface area contributed by atoms with Crippen molar-refractivity contribution in [3.05, 3.63) is 79.6 Å².